The zero-order valence-electron chi connectivity index (χ0n) is 18.5. The Bertz CT molecular complexity index is 1240. The van der Waals surface area contributed by atoms with Gasteiger partial charge in [-0.3, -0.25) is 4.79 Å². The number of amides is 1. The van der Waals surface area contributed by atoms with Gasteiger partial charge in [-0.1, -0.05) is 30.9 Å². The summed E-state index contributed by atoms with van der Waals surface area (Å²) in [6.45, 7) is 0. The van der Waals surface area contributed by atoms with E-state index in [0.29, 0.717) is 24.3 Å². The lowest BCUT2D eigenvalue weighted by molar-refractivity contribution is -0.147. The van der Waals surface area contributed by atoms with E-state index in [1.807, 2.05) is 0 Å². The first-order valence-corrected chi connectivity index (χ1v) is 13.3. The molecule has 2 aliphatic rings. The quantitative estimate of drug-likeness (QED) is 0.483. The number of rotatable bonds is 6. The molecule has 10 heteroatoms. The predicted octanol–water partition coefficient (Wildman–Crippen LogP) is 4.70. The highest BCUT2D eigenvalue weighted by Crippen LogP contribution is 2.44. The second kappa shape index (κ2) is 9.84. The number of sulfone groups is 1. The molecule has 0 atom stereocenters. The highest BCUT2D eigenvalue weighted by molar-refractivity contribution is 7.91. The van der Waals surface area contributed by atoms with E-state index in [1.54, 1.807) is 0 Å². The second-order valence-electron chi connectivity index (χ2n) is 8.82. The van der Waals surface area contributed by atoms with E-state index < -0.39 is 21.7 Å². The maximum absolute atomic E-state index is 13.1. The lowest BCUT2D eigenvalue weighted by Gasteiger charge is -2.21. The van der Waals surface area contributed by atoms with Crippen LogP contribution in [0.25, 0.3) is 0 Å². The minimum Gasteiger partial charge on any atom is -0.507 e. The molecule has 2 aromatic rings. The van der Waals surface area contributed by atoms with Crippen LogP contribution >= 0.6 is 11.6 Å². The number of hydrogen-bond acceptors (Lipinski definition) is 6. The van der Waals surface area contributed by atoms with Crippen LogP contribution in [0.5, 0.6) is 17.2 Å². The van der Waals surface area contributed by atoms with Gasteiger partial charge in [-0.05, 0) is 61.8 Å². The van der Waals surface area contributed by atoms with Crippen LogP contribution in [0, 0.1) is 5.92 Å². The molecule has 0 heterocycles. The average Bonchev–Trinajstić information content (AvgIpc) is 3.28. The van der Waals surface area contributed by atoms with E-state index in [4.69, 9.17) is 21.4 Å². The molecule has 0 bridgehead atoms. The number of halogens is 1. The molecule has 4 rings (SSSR count). The van der Waals surface area contributed by atoms with Crippen molar-refractivity contribution in [1.82, 2.24) is 0 Å². The lowest BCUT2D eigenvalue weighted by Crippen LogP contribution is -2.22. The normalized spacial score (nSPS) is 16.1. The van der Waals surface area contributed by atoms with E-state index in [1.165, 1.54) is 24.3 Å². The van der Waals surface area contributed by atoms with E-state index in [9.17, 15) is 23.1 Å². The Balaban J connectivity index is 1.63. The molecule has 1 amide bonds. The minimum absolute atomic E-state index is 0.0157. The third-order valence-corrected chi connectivity index (χ3v) is 8.60. The molecule has 0 spiro atoms. The van der Waals surface area contributed by atoms with Crippen molar-refractivity contribution in [2.75, 3.05) is 11.1 Å². The zero-order valence-corrected chi connectivity index (χ0v) is 20.0. The minimum atomic E-state index is -3.72. The molecule has 34 heavy (non-hydrogen) atoms. The topological polar surface area (TPSA) is 130 Å². The Labute approximate surface area is 202 Å². The van der Waals surface area contributed by atoms with Gasteiger partial charge in [0, 0.05) is 17.3 Å². The van der Waals surface area contributed by atoms with Crippen molar-refractivity contribution in [2.45, 2.75) is 56.3 Å². The highest BCUT2D eigenvalue weighted by Gasteiger charge is 2.28. The van der Waals surface area contributed by atoms with Crippen molar-refractivity contribution in [1.29, 1.82) is 0 Å². The molecular formula is C24H26ClNO7S. The van der Waals surface area contributed by atoms with Crippen molar-refractivity contribution < 1.29 is 33.0 Å². The smallest absolute Gasteiger partial charge is 0.394 e. The van der Waals surface area contributed by atoms with Crippen LogP contribution in [0.4, 0.5) is 5.69 Å². The van der Waals surface area contributed by atoms with Crippen LogP contribution in [0.15, 0.2) is 29.2 Å². The summed E-state index contributed by atoms with van der Waals surface area (Å²) in [6, 6.07) is 5.50. The zero-order chi connectivity index (χ0) is 24.5. The Morgan fingerprint density at radius 1 is 1.06 bits per heavy atom. The number of aliphatic carboxylic acids is 1. The fourth-order valence-corrected chi connectivity index (χ4v) is 6.87. The monoisotopic (exact) mass is 507 g/mol. The van der Waals surface area contributed by atoms with Crippen molar-refractivity contribution >= 4 is 39.0 Å². The summed E-state index contributed by atoms with van der Waals surface area (Å²) in [4.78, 5) is 22.4. The first kappa shape index (κ1) is 24.3. The first-order chi connectivity index (χ1) is 16.2. The van der Waals surface area contributed by atoms with Gasteiger partial charge in [-0.2, -0.15) is 0 Å². The van der Waals surface area contributed by atoms with E-state index in [0.717, 1.165) is 49.7 Å². The number of ether oxygens (including phenoxy) is 1. The maximum Gasteiger partial charge on any atom is 0.394 e. The third kappa shape index (κ3) is 5.15. The molecule has 0 aromatic heterocycles. The highest BCUT2D eigenvalue weighted by atomic mass is 35.5. The van der Waals surface area contributed by atoms with Crippen LogP contribution in [0.2, 0.25) is 5.02 Å². The number of fused-ring (bicyclic) bond motifs is 1. The molecule has 182 valence electrons. The second-order valence-corrected chi connectivity index (χ2v) is 11.2. The summed E-state index contributed by atoms with van der Waals surface area (Å²) in [5, 5.41) is 21.7. The number of anilines is 1. The van der Waals surface area contributed by atoms with Crippen molar-refractivity contribution in [3.63, 3.8) is 0 Å². The molecular weight excluding hydrogens is 482 g/mol. The Morgan fingerprint density at radius 2 is 1.76 bits per heavy atom. The van der Waals surface area contributed by atoms with Gasteiger partial charge in [0.1, 0.15) is 22.1 Å². The molecule has 0 saturated heterocycles. The summed E-state index contributed by atoms with van der Waals surface area (Å²) >= 11 is 6.42. The first-order valence-electron chi connectivity index (χ1n) is 11.3. The van der Waals surface area contributed by atoms with E-state index in [-0.39, 0.29) is 33.1 Å². The molecule has 8 nitrogen and oxygen atoms in total. The van der Waals surface area contributed by atoms with E-state index in [2.05, 4.69) is 5.32 Å². The summed E-state index contributed by atoms with van der Waals surface area (Å²) in [5.41, 5.74) is 1.78. The van der Waals surface area contributed by atoms with Crippen molar-refractivity contribution in [3.05, 3.63) is 40.4 Å². The fraction of sp³-hybridized carbons (Fsp3) is 0.417. The number of phenols is 1. The summed E-state index contributed by atoms with van der Waals surface area (Å²) in [7, 11) is -3.72. The van der Waals surface area contributed by atoms with Crippen molar-refractivity contribution in [2.24, 2.45) is 5.92 Å². The lowest BCUT2D eigenvalue weighted by atomic mass is 9.91. The Hall–Kier alpha value is -2.78. The average molecular weight is 508 g/mol. The largest absolute Gasteiger partial charge is 0.507 e. The van der Waals surface area contributed by atoms with Gasteiger partial charge >= 0.3 is 11.9 Å². The SMILES string of the molecule is O=C(O)C(=O)Nc1cc(Cl)c(Oc2ccc(O)c(S(=O)(=O)CC3CCCCC3)c2)c2c1CCC2. The van der Waals surface area contributed by atoms with E-state index >= 15 is 0 Å². The van der Waals surface area contributed by atoms with Crippen LogP contribution in [-0.4, -0.2) is 36.3 Å². The molecule has 1 fully saturated rings. The summed E-state index contributed by atoms with van der Waals surface area (Å²) in [5.74, 6) is -2.50. The van der Waals surface area contributed by atoms with Gasteiger partial charge < -0.3 is 20.3 Å². The van der Waals surface area contributed by atoms with Gasteiger partial charge in [0.25, 0.3) is 0 Å². The number of aromatic hydroxyl groups is 1. The number of nitrogens with one attached hydrogen (secondary N) is 1. The van der Waals surface area contributed by atoms with Gasteiger partial charge in [0.05, 0.1) is 10.8 Å². The standard InChI is InChI=1S/C24H26ClNO7S/c25-18-12-19(26-23(28)24(29)30)16-7-4-8-17(16)22(18)33-15-9-10-20(27)21(11-15)34(31,32)13-14-5-2-1-3-6-14/h9-12,14,27H,1-8,13H2,(H,26,28)(H,29,30). The number of benzene rings is 2. The molecule has 0 radical (unpaired) electrons. The third-order valence-electron chi connectivity index (χ3n) is 6.41. The van der Waals surface area contributed by atoms with Crippen LogP contribution in [0.3, 0.4) is 0 Å². The number of carbonyl (C=O) groups excluding carboxylic acids is 1. The summed E-state index contributed by atoms with van der Waals surface area (Å²) in [6.07, 6.45) is 6.85. The number of carboxylic acid groups (broad SMARTS) is 1. The number of phenolic OH excluding ortho intramolecular Hbond substituents is 1. The van der Waals surface area contributed by atoms with Crippen LogP contribution in [-0.2, 0) is 32.3 Å². The van der Waals surface area contributed by atoms with Gasteiger partial charge in [-0.15, -0.1) is 0 Å². The van der Waals surface area contributed by atoms with Crippen LogP contribution < -0.4 is 10.1 Å². The maximum atomic E-state index is 13.1. The van der Waals surface area contributed by atoms with Gasteiger partial charge in [0.2, 0.25) is 0 Å². The number of carbonyl (C=O) groups is 2. The molecule has 0 unspecified atom stereocenters. The predicted molar refractivity (Wildman–Crippen MR) is 127 cm³/mol. The Kier molecular flexibility index (Phi) is 7.04. The van der Waals surface area contributed by atoms with Crippen molar-refractivity contribution in [3.8, 4) is 17.2 Å². The molecule has 1 saturated carbocycles. The Morgan fingerprint density at radius 3 is 2.47 bits per heavy atom. The molecule has 3 N–H and O–H groups in total. The number of carboxylic acids is 1. The van der Waals surface area contributed by atoms with Gasteiger partial charge in [-0.25, -0.2) is 13.2 Å². The molecule has 0 aliphatic heterocycles. The summed E-state index contributed by atoms with van der Waals surface area (Å²) < 4.78 is 32.1. The fourth-order valence-electron chi connectivity index (χ4n) is 4.79. The van der Waals surface area contributed by atoms with Crippen LogP contribution in [0.1, 0.15) is 49.7 Å². The molecule has 2 aliphatic carbocycles. The van der Waals surface area contributed by atoms with Gasteiger partial charge in [0.15, 0.2) is 9.84 Å². The number of hydrogen-bond donors (Lipinski definition) is 3. The molecule has 2 aromatic carbocycles.